The van der Waals surface area contributed by atoms with Gasteiger partial charge in [0.25, 0.3) is 5.91 Å². The first-order chi connectivity index (χ1) is 10.2. The third-order valence-corrected chi connectivity index (χ3v) is 3.58. The largest absolute Gasteiger partial charge is 0.348 e. The van der Waals surface area contributed by atoms with Gasteiger partial charge in [-0.2, -0.15) is 0 Å². The average Bonchev–Trinajstić information content (AvgIpc) is 2.52. The van der Waals surface area contributed by atoms with Crippen LogP contribution in [0.1, 0.15) is 15.9 Å². The number of hydrogen-bond donors (Lipinski definition) is 1. The van der Waals surface area contributed by atoms with Crippen molar-refractivity contribution in [2.75, 3.05) is 0 Å². The number of nitrogens with zero attached hydrogens (tertiary/aromatic N) is 2. The molecular weight excluding hydrogens is 330 g/mol. The number of hydrogen-bond acceptors (Lipinski definition) is 3. The zero-order valence-electron chi connectivity index (χ0n) is 11.1. The lowest BCUT2D eigenvalue weighted by Gasteiger charge is -2.06. The molecule has 1 N–H and O–H groups in total. The van der Waals surface area contributed by atoms with E-state index in [1.165, 1.54) is 0 Å². The minimum absolute atomic E-state index is 0.145. The SMILES string of the molecule is O=C(NCc1cccc(Br)c1)c1cnc2ccncc2c1. The maximum atomic E-state index is 12.2. The Hall–Kier alpha value is -2.27. The molecule has 0 fully saturated rings. The fourth-order valence-electron chi connectivity index (χ4n) is 2.03. The van der Waals surface area contributed by atoms with Crippen molar-refractivity contribution in [2.45, 2.75) is 6.54 Å². The first-order valence-corrected chi connectivity index (χ1v) is 7.24. The van der Waals surface area contributed by atoms with Gasteiger partial charge >= 0.3 is 0 Å². The van der Waals surface area contributed by atoms with Gasteiger partial charge in [0.15, 0.2) is 0 Å². The van der Waals surface area contributed by atoms with Gasteiger partial charge in [0, 0.05) is 35.0 Å². The van der Waals surface area contributed by atoms with Crippen LogP contribution in [0.5, 0.6) is 0 Å². The quantitative estimate of drug-likeness (QED) is 0.794. The molecule has 0 aliphatic rings. The van der Waals surface area contributed by atoms with Crippen molar-refractivity contribution in [1.29, 1.82) is 0 Å². The van der Waals surface area contributed by atoms with Crippen molar-refractivity contribution in [2.24, 2.45) is 0 Å². The van der Waals surface area contributed by atoms with Crippen molar-refractivity contribution in [1.82, 2.24) is 15.3 Å². The number of rotatable bonds is 3. The molecule has 2 aromatic heterocycles. The van der Waals surface area contributed by atoms with Gasteiger partial charge in [-0.05, 0) is 29.8 Å². The summed E-state index contributed by atoms with van der Waals surface area (Å²) in [4.78, 5) is 20.5. The maximum Gasteiger partial charge on any atom is 0.253 e. The lowest BCUT2D eigenvalue weighted by atomic mass is 10.2. The van der Waals surface area contributed by atoms with Crippen LogP contribution in [-0.2, 0) is 6.54 Å². The van der Waals surface area contributed by atoms with Crippen LogP contribution in [0.2, 0.25) is 0 Å². The van der Waals surface area contributed by atoms with E-state index < -0.39 is 0 Å². The highest BCUT2D eigenvalue weighted by Gasteiger charge is 2.07. The molecule has 4 nitrogen and oxygen atoms in total. The minimum atomic E-state index is -0.145. The summed E-state index contributed by atoms with van der Waals surface area (Å²) in [6.45, 7) is 0.476. The van der Waals surface area contributed by atoms with Crippen molar-refractivity contribution in [3.8, 4) is 0 Å². The van der Waals surface area contributed by atoms with E-state index in [0.717, 1.165) is 20.9 Å². The van der Waals surface area contributed by atoms with E-state index in [9.17, 15) is 4.79 Å². The second-order valence-electron chi connectivity index (χ2n) is 4.60. The number of halogens is 1. The molecule has 104 valence electrons. The summed E-state index contributed by atoms with van der Waals surface area (Å²) in [5.41, 5.74) is 2.40. The fourth-order valence-corrected chi connectivity index (χ4v) is 2.47. The third kappa shape index (κ3) is 3.25. The standard InChI is InChI=1S/C16H12BrN3O/c17-14-3-1-2-11(6-14)8-20-16(21)13-7-12-9-18-5-4-15(12)19-10-13/h1-7,9-10H,8H2,(H,20,21). The monoisotopic (exact) mass is 341 g/mol. The molecule has 0 aliphatic carbocycles. The Morgan fingerprint density at radius 1 is 1.19 bits per heavy atom. The summed E-state index contributed by atoms with van der Waals surface area (Å²) in [6, 6.07) is 11.4. The van der Waals surface area contributed by atoms with Crippen LogP contribution in [-0.4, -0.2) is 15.9 Å². The minimum Gasteiger partial charge on any atom is -0.348 e. The van der Waals surface area contributed by atoms with Gasteiger partial charge in [-0.3, -0.25) is 14.8 Å². The number of nitrogens with one attached hydrogen (secondary N) is 1. The number of carbonyl (C=O) groups excluding carboxylic acids is 1. The van der Waals surface area contributed by atoms with Crippen molar-refractivity contribution in [3.63, 3.8) is 0 Å². The van der Waals surface area contributed by atoms with Gasteiger partial charge in [0.2, 0.25) is 0 Å². The molecule has 1 aromatic carbocycles. The molecule has 0 spiro atoms. The molecule has 0 atom stereocenters. The Balaban J connectivity index is 1.74. The maximum absolute atomic E-state index is 12.2. The van der Waals surface area contributed by atoms with Crippen LogP contribution in [0.3, 0.4) is 0 Å². The smallest absolute Gasteiger partial charge is 0.253 e. The van der Waals surface area contributed by atoms with Crippen LogP contribution in [0, 0.1) is 0 Å². The number of aromatic nitrogens is 2. The lowest BCUT2D eigenvalue weighted by molar-refractivity contribution is 0.0950. The van der Waals surface area contributed by atoms with E-state index in [-0.39, 0.29) is 5.91 Å². The second-order valence-corrected chi connectivity index (χ2v) is 5.52. The van der Waals surface area contributed by atoms with E-state index in [2.05, 4.69) is 31.2 Å². The van der Waals surface area contributed by atoms with Crippen LogP contribution >= 0.6 is 15.9 Å². The van der Waals surface area contributed by atoms with E-state index >= 15 is 0 Å². The van der Waals surface area contributed by atoms with Crippen LogP contribution in [0.15, 0.2) is 59.5 Å². The molecule has 5 heteroatoms. The van der Waals surface area contributed by atoms with Crippen LogP contribution in [0.4, 0.5) is 0 Å². The number of carbonyl (C=O) groups is 1. The fraction of sp³-hybridized carbons (Fsp3) is 0.0625. The third-order valence-electron chi connectivity index (χ3n) is 3.09. The summed E-state index contributed by atoms with van der Waals surface area (Å²) in [5.74, 6) is -0.145. The van der Waals surface area contributed by atoms with Crippen molar-refractivity contribution in [3.05, 3.63) is 70.6 Å². The van der Waals surface area contributed by atoms with Gasteiger partial charge < -0.3 is 5.32 Å². The van der Waals surface area contributed by atoms with Crippen LogP contribution in [0.25, 0.3) is 10.9 Å². The van der Waals surface area contributed by atoms with E-state index in [1.54, 1.807) is 24.7 Å². The highest BCUT2D eigenvalue weighted by atomic mass is 79.9. The van der Waals surface area contributed by atoms with Gasteiger partial charge in [-0.15, -0.1) is 0 Å². The van der Waals surface area contributed by atoms with E-state index in [0.29, 0.717) is 12.1 Å². The average molecular weight is 342 g/mol. The topological polar surface area (TPSA) is 54.9 Å². The molecule has 0 radical (unpaired) electrons. The molecule has 0 saturated carbocycles. The molecule has 2 heterocycles. The van der Waals surface area contributed by atoms with E-state index in [1.807, 2.05) is 30.3 Å². The summed E-state index contributed by atoms with van der Waals surface area (Å²) in [6.07, 6.45) is 4.97. The lowest BCUT2D eigenvalue weighted by Crippen LogP contribution is -2.22. The summed E-state index contributed by atoms with van der Waals surface area (Å²) in [5, 5.41) is 3.74. The first kappa shape index (κ1) is 13.7. The Kier molecular flexibility index (Phi) is 3.92. The highest BCUT2D eigenvalue weighted by Crippen LogP contribution is 2.13. The first-order valence-electron chi connectivity index (χ1n) is 6.45. The zero-order chi connectivity index (χ0) is 14.7. The summed E-state index contributed by atoms with van der Waals surface area (Å²) in [7, 11) is 0. The predicted octanol–water partition coefficient (Wildman–Crippen LogP) is 3.32. The normalized spacial score (nSPS) is 10.5. The summed E-state index contributed by atoms with van der Waals surface area (Å²) < 4.78 is 0.993. The zero-order valence-corrected chi connectivity index (χ0v) is 12.7. The van der Waals surface area contributed by atoms with Crippen LogP contribution < -0.4 is 5.32 Å². The predicted molar refractivity (Wildman–Crippen MR) is 84.9 cm³/mol. The van der Waals surface area contributed by atoms with Gasteiger partial charge in [0.1, 0.15) is 0 Å². The Labute approximate surface area is 130 Å². The van der Waals surface area contributed by atoms with Gasteiger partial charge in [-0.25, -0.2) is 0 Å². The van der Waals surface area contributed by atoms with Crippen molar-refractivity contribution < 1.29 is 4.79 Å². The van der Waals surface area contributed by atoms with Gasteiger partial charge in [-0.1, -0.05) is 28.1 Å². The molecule has 0 saturated heterocycles. The summed E-state index contributed by atoms with van der Waals surface area (Å²) >= 11 is 3.41. The van der Waals surface area contributed by atoms with Gasteiger partial charge in [0.05, 0.1) is 11.1 Å². The molecule has 3 aromatic rings. The Morgan fingerprint density at radius 2 is 2.10 bits per heavy atom. The molecule has 1 amide bonds. The molecule has 0 bridgehead atoms. The molecular formula is C16H12BrN3O. The molecule has 3 rings (SSSR count). The second kappa shape index (κ2) is 6.01. The molecule has 0 aliphatic heterocycles. The highest BCUT2D eigenvalue weighted by molar-refractivity contribution is 9.10. The van der Waals surface area contributed by atoms with E-state index in [4.69, 9.17) is 0 Å². The number of fused-ring (bicyclic) bond motifs is 1. The molecule has 0 unspecified atom stereocenters. The molecule has 21 heavy (non-hydrogen) atoms. The number of benzene rings is 1. The van der Waals surface area contributed by atoms with Crippen molar-refractivity contribution >= 4 is 32.7 Å². The Morgan fingerprint density at radius 3 is 2.95 bits per heavy atom. The Bertz CT molecular complexity index is 804. The number of pyridine rings is 2. The number of amides is 1.